The Morgan fingerprint density at radius 3 is 2.46 bits per heavy atom. The van der Waals surface area contributed by atoms with Crippen molar-refractivity contribution in [2.75, 3.05) is 7.11 Å². The number of hydrogen-bond donors (Lipinski definition) is 1. The molecule has 0 radical (unpaired) electrons. The van der Waals surface area contributed by atoms with Gasteiger partial charge < -0.3 is 14.8 Å². The minimum Gasteiger partial charge on any atom is -0.497 e. The lowest BCUT2D eigenvalue weighted by Crippen LogP contribution is -2.41. The van der Waals surface area contributed by atoms with Crippen LogP contribution in [0.5, 0.6) is 11.5 Å². The number of rotatable bonds is 7. The number of carbonyl (C=O) groups is 1. The molecule has 7 nitrogen and oxygen atoms in total. The molecule has 0 heterocycles. The lowest BCUT2D eigenvalue weighted by atomic mass is 10.0. The van der Waals surface area contributed by atoms with Crippen LogP contribution in [0.1, 0.15) is 32.6 Å². The van der Waals surface area contributed by atoms with Crippen LogP contribution in [0, 0.1) is 10.1 Å². The summed E-state index contributed by atoms with van der Waals surface area (Å²) in [5.41, 5.74) is 1.25. The van der Waals surface area contributed by atoms with Crippen molar-refractivity contribution in [2.24, 2.45) is 0 Å². The first-order valence-corrected chi connectivity index (χ1v) is 9.38. The Morgan fingerprint density at radius 1 is 1.18 bits per heavy atom. The van der Waals surface area contributed by atoms with Gasteiger partial charge in [-0.3, -0.25) is 14.9 Å². The Balaban J connectivity index is 1.84. The molecular formula is C21H24N2O5. The van der Waals surface area contributed by atoms with E-state index in [9.17, 15) is 14.9 Å². The molecule has 148 valence electrons. The van der Waals surface area contributed by atoms with Gasteiger partial charge in [0.15, 0.2) is 6.10 Å². The van der Waals surface area contributed by atoms with Crippen LogP contribution in [0.15, 0.2) is 42.5 Å². The van der Waals surface area contributed by atoms with Crippen molar-refractivity contribution in [1.29, 1.82) is 0 Å². The van der Waals surface area contributed by atoms with Crippen LogP contribution < -0.4 is 14.8 Å². The van der Waals surface area contributed by atoms with E-state index in [-0.39, 0.29) is 17.6 Å². The predicted molar refractivity (Wildman–Crippen MR) is 106 cm³/mol. The van der Waals surface area contributed by atoms with E-state index in [0.717, 1.165) is 31.2 Å². The van der Waals surface area contributed by atoms with Gasteiger partial charge in [0.2, 0.25) is 0 Å². The first kappa shape index (κ1) is 19.7. The third kappa shape index (κ3) is 4.60. The molecule has 0 saturated heterocycles. The van der Waals surface area contributed by atoms with Gasteiger partial charge in [0.05, 0.1) is 12.0 Å². The second-order valence-electron chi connectivity index (χ2n) is 6.92. The Hall–Kier alpha value is -3.09. The molecular weight excluding hydrogens is 360 g/mol. The van der Waals surface area contributed by atoms with E-state index in [1.807, 2.05) is 0 Å². The maximum atomic E-state index is 12.4. The van der Waals surface area contributed by atoms with Crippen LogP contribution in [0.4, 0.5) is 5.69 Å². The Labute approximate surface area is 163 Å². The normalized spacial score (nSPS) is 15.1. The van der Waals surface area contributed by atoms with E-state index in [1.165, 1.54) is 18.2 Å². The fourth-order valence-electron chi connectivity index (χ4n) is 3.36. The Morgan fingerprint density at radius 2 is 1.86 bits per heavy atom. The highest BCUT2D eigenvalue weighted by molar-refractivity contribution is 5.82. The molecule has 0 aromatic heterocycles. The molecule has 1 N–H and O–H groups in total. The van der Waals surface area contributed by atoms with E-state index in [4.69, 9.17) is 9.47 Å². The number of carbonyl (C=O) groups excluding carboxylic acids is 1. The number of hydrogen-bond acceptors (Lipinski definition) is 5. The molecule has 1 amide bonds. The summed E-state index contributed by atoms with van der Waals surface area (Å²) in [5, 5.41) is 14.2. The number of benzene rings is 2. The number of methoxy groups -OCH3 is 1. The van der Waals surface area contributed by atoms with Gasteiger partial charge in [-0.05, 0) is 43.5 Å². The monoisotopic (exact) mass is 384 g/mol. The standard InChI is InChI=1S/C21H24N2O5/c1-14(21(24)22-16-5-3-4-6-16)28-20-12-9-17(23(25)26)13-19(20)15-7-10-18(27-2)11-8-15/h7-14,16H,3-6H2,1-2H3,(H,22,24)/t14-/m0/s1. The average molecular weight is 384 g/mol. The Bertz CT molecular complexity index is 844. The van der Waals surface area contributed by atoms with Gasteiger partial charge in [0, 0.05) is 23.7 Å². The van der Waals surface area contributed by atoms with Gasteiger partial charge in [0.25, 0.3) is 11.6 Å². The molecule has 1 aliphatic carbocycles. The third-order valence-electron chi connectivity index (χ3n) is 4.95. The van der Waals surface area contributed by atoms with E-state index >= 15 is 0 Å². The van der Waals surface area contributed by atoms with Crippen LogP contribution in [-0.4, -0.2) is 30.1 Å². The van der Waals surface area contributed by atoms with Gasteiger partial charge in [-0.2, -0.15) is 0 Å². The predicted octanol–water partition coefficient (Wildman–Crippen LogP) is 4.10. The number of amides is 1. The van der Waals surface area contributed by atoms with Crippen LogP contribution in [-0.2, 0) is 4.79 Å². The molecule has 1 aliphatic rings. The van der Waals surface area contributed by atoms with Crippen molar-refractivity contribution in [3.63, 3.8) is 0 Å². The number of ether oxygens (including phenoxy) is 2. The fourth-order valence-corrected chi connectivity index (χ4v) is 3.36. The van der Waals surface area contributed by atoms with Crippen molar-refractivity contribution in [3.8, 4) is 22.6 Å². The van der Waals surface area contributed by atoms with Crippen LogP contribution in [0.3, 0.4) is 0 Å². The summed E-state index contributed by atoms with van der Waals surface area (Å²) in [6.07, 6.45) is 3.54. The zero-order chi connectivity index (χ0) is 20.1. The summed E-state index contributed by atoms with van der Waals surface area (Å²) in [5.74, 6) is 0.928. The summed E-state index contributed by atoms with van der Waals surface area (Å²) in [4.78, 5) is 23.2. The van der Waals surface area contributed by atoms with Crippen molar-refractivity contribution in [2.45, 2.75) is 44.8 Å². The van der Waals surface area contributed by atoms with Gasteiger partial charge >= 0.3 is 0 Å². The highest BCUT2D eigenvalue weighted by atomic mass is 16.6. The first-order valence-electron chi connectivity index (χ1n) is 9.38. The topological polar surface area (TPSA) is 90.7 Å². The Kier molecular flexibility index (Phi) is 6.13. The maximum absolute atomic E-state index is 12.4. The first-order chi connectivity index (χ1) is 13.5. The zero-order valence-electron chi connectivity index (χ0n) is 16.0. The number of nitrogens with one attached hydrogen (secondary N) is 1. The summed E-state index contributed by atoms with van der Waals surface area (Å²) >= 11 is 0. The molecule has 2 aromatic carbocycles. The van der Waals surface area contributed by atoms with Gasteiger partial charge in [-0.15, -0.1) is 0 Å². The summed E-state index contributed by atoms with van der Waals surface area (Å²) in [7, 11) is 1.57. The van der Waals surface area contributed by atoms with E-state index in [2.05, 4.69) is 5.32 Å². The molecule has 1 atom stereocenters. The molecule has 0 aliphatic heterocycles. The van der Waals surface area contributed by atoms with Gasteiger partial charge in [0.1, 0.15) is 11.5 Å². The van der Waals surface area contributed by atoms with E-state index in [0.29, 0.717) is 17.1 Å². The quantitative estimate of drug-likeness (QED) is 0.573. The third-order valence-corrected chi connectivity index (χ3v) is 4.95. The molecule has 28 heavy (non-hydrogen) atoms. The zero-order valence-corrected chi connectivity index (χ0v) is 16.0. The largest absolute Gasteiger partial charge is 0.497 e. The average Bonchev–Trinajstić information content (AvgIpc) is 3.21. The molecule has 0 bridgehead atoms. The second-order valence-corrected chi connectivity index (χ2v) is 6.92. The highest BCUT2D eigenvalue weighted by Gasteiger charge is 2.23. The van der Waals surface area contributed by atoms with Crippen molar-refractivity contribution < 1.29 is 19.2 Å². The molecule has 0 spiro atoms. The number of non-ortho nitro benzene ring substituents is 1. The summed E-state index contributed by atoms with van der Waals surface area (Å²) < 4.78 is 11.1. The van der Waals surface area contributed by atoms with Crippen LogP contribution >= 0.6 is 0 Å². The molecule has 1 saturated carbocycles. The minimum atomic E-state index is -0.709. The molecule has 2 aromatic rings. The van der Waals surface area contributed by atoms with Gasteiger partial charge in [-0.1, -0.05) is 25.0 Å². The van der Waals surface area contributed by atoms with Crippen molar-refractivity contribution in [3.05, 3.63) is 52.6 Å². The summed E-state index contributed by atoms with van der Waals surface area (Å²) in [6.45, 7) is 1.68. The molecule has 3 rings (SSSR count). The number of nitro groups is 1. The van der Waals surface area contributed by atoms with Crippen molar-refractivity contribution >= 4 is 11.6 Å². The molecule has 0 unspecified atom stereocenters. The summed E-state index contributed by atoms with van der Waals surface area (Å²) in [6, 6.07) is 11.7. The fraction of sp³-hybridized carbons (Fsp3) is 0.381. The lowest BCUT2D eigenvalue weighted by Gasteiger charge is -2.19. The maximum Gasteiger partial charge on any atom is 0.270 e. The highest BCUT2D eigenvalue weighted by Crippen LogP contribution is 2.35. The van der Waals surface area contributed by atoms with Gasteiger partial charge in [-0.25, -0.2) is 0 Å². The minimum absolute atomic E-state index is 0.0405. The van der Waals surface area contributed by atoms with E-state index < -0.39 is 11.0 Å². The second kappa shape index (κ2) is 8.73. The smallest absolute Gasteiger partial charge is 0.270 e. The van der Waals surface area contributed by atoms with Crippen LogP contribution in [0.25, 0.3) is 11.1 Å². The number of nitro benzene ring substituents is 1. The molecule has 1 fully saturated rings. The number of nitrogens with zero attached hydrogens (tertiary/aromatic N) is 1. The SMILES string of the molecule is COc1ccc(-c2cc([N+](=O)[O-])ccc2O[C@@H](C)C(=O)NC2CCCC2)cc1. The molecule has 7 heteroatoms. The lowest BCUT2D eigenvalue weighted by molar-refractivity contribution is -0.384. The van der Waals surface area contributed by atoms with Crippen molar-refractivity contribution in [1.82, 2.24) is 5.32 Å². The van der Waals surface area contributed by atoms with Crippen LogP contribution in [0.2, 0.25) is 0 Å². The van der Waals surface area contributed by atoms with E-state index in [1.54, 1.807) is 38.3 Å².